The third kappa shape index (κ3) is 4.48. The van der Waals surface area contributed by atoms with Crippen molar-refractivity contribution < 1.29 is 9.90 Å². The molecule has 1 saturated heterocycles. The molecule has 0 spiro atoms. The maximum absolute atomic E-state index is 12.4. The van der Waals surface area contributed by atoms with Gasteiger partial charge in [0.25, 0.3) is 0 Å². The summed E-state index contributed by atoms with van der Waals surface area (Å²) in [5, 5.41) is 12.8. The second kappa shape index (κ2) is 7.32. The molecule has 3 nitrogen and oxygen atoms in total. The zero-order chi connectivity index (χ0) is 15.3. The number of hydrogen-bond donors (Lipinski definition) is 2. The molecule has 1 aliphatic heterocycles. The van der Waals surface area contributed by atoms with Crippen molar-refractivity contribution in [1.82, 2.24) is 5.32 Å². The van der Waals surface area contributed by atoms with E-state index in [2.05, 4.69) is 17.4 Å². The molecule has 0 bridgehead atoms. The fourth-order valence-corrected chi connectivity index (χ4v) is 4.07. The highest BCUT2D eigenvalue weighted by Crippen LogP contribution is 2.37. The van der Waals surface area contributed by atoms with Gasteiger partial charge in [-0.05, 0) is 44.4 Å². The molecule has 1 heterocycles. The van der Waals surface area contributed by atoms with Gasteiger partial charge >= 0.3 is 0 Å². The molecule has 1 fully saturated rings. The lowest BCUT2D eigenvalue weighted by molar-refractivity contribution is -0.123. The first-order chi connectivity index (χ1) is 10.0. The molecule has 0 aliphatic carbocycles. The molecule has 1 aromatic rings. The molecule has 2 N–H and O–H groups in total. The molecule has 0 aromatic heterocycles. The Bertz CT molecular complexity index is 455. The minimum atomic E-state index is -0.372. The van der Waals surface area contributed by atoms with Gasteiger partial charge in [0.2, 0.25) is 5.91 Å². The van der Waals surface area contributed by atoms with Crippen molar-refractivity contribution in [3.63, 3.8) is 0 Å². The van der Waals surface area contributed by atoms with Crippen LogP contribution < -0.4 is 5.32 Å². The molecular weight excluding hydrogens is 282 g/mol. The number of carbonyl (C=O) groups excluding carboxylic acids is 1. The summed E-state index contributed by atoms with van der Waals surface area (Å²) in [6, 6.07) is 10.1. The van der Waals surface area contributed by atoms with E-state index in [4.69, 9.17) is 0 Å². The Morgan fingerprint density at radius 1 is 1.43 bits per heavy atom. The topological polar surface area (TPSA) is 49.3 Å². The third-order valence-corrected chi connectivity index (χ3v) is 5.62. The summed E-state index contributed by atoms with van der Waals surface area (Å²) < 4.78 is -0.272. The molecule has 2 rings (SSSR count). The predicted octanol–water partition coefficient (Wildman–Crippen LogP) is 2.94. The van der Waals surface area contributed by atoms with Gasteiger partial charge in [0, 0.05) is 12.5 Å². The maximum atomic E-state index is 12.4. The molecule has 1 aromatic carbocycles. The van der Waals surface area contributed by atoms with Crippen LogP contribution in [0.1, 0.15) is 44.6 Å². The van der Waals surface area contributed by atoms with Crippen LogP contribution >= 0.6 is 11.8 Å². The van der Waals surface area contributed by atoms with Crippen molar-refractivity contribution in [2.45, 2.75) is 49.9 Å². The van der Waals surface area contributed by atoms with E-state index >= 15 is 0 Å². The van der Waals surface area contributed by atoms with E-state index in [1.54, 1.807) is 18.7 Å². The molecule has 4 heteroatoms. The lowest BCUT2D eigenvalue weighted by atomic mass is 9.93. The zero-order valence-electron chi connectivity index (χ0n) is 12.8. The number of amides is 1. The van der Waals surface area contributed by atoms with Gasteiger partial charge in [-0.15, -0.1) is 11.8 Å². The van der Waals surface area contributed by atoms with Gasteiger partial charge in [-0.25, -0.2) is 0 Å². The van der Waals surface area contributed by atoms with Gasteiger partial charge < -0.3 is 10.4 Å². The molecule has 3 atom stereocenters. The van der Waals surface area contributed by atoms with E-state index < -0.39 is 0 Å². The molecule has 21 heavy (non-hydrogen) atoms. The van der Waals surface area contributed by atoms with E-state index in [0.717, 1.165) is 18.6 Å². The number of carbonyl (C=O) groups is 1. The summed E-state index contributed by atoms with van der Waals surface area (Å²) in [7, 11) is 0. The van der Waals surface area contributed by atoms with E-state index in [-0.39, 0.29) is 22.7 Å². The van der Waals surface area contributed by atoms with Crippen LogP contribution in [0.3, 0.4) is 0 Å². The smallest absolute Gasteiger partial charge is 0.235 e. The summed E-state index contributed by atoms with van der Waals surface area (Å²) in [6.07, 6.45) is 2.36. The van der Waals surface area contributed by atoms with Crippen LogP contribution in [0.25, 0.3) is 0 Å². The second-order valence-electron chi connectivity index (χ2n) is 6.09. The third-order valence-electron chi connectivity index (χ3n) is 4.10. The molecular formula is C17H25NO2S. The molecule has 1 amide bonds. The fraction of sp³-hybridized carbons (Fsp3) is 0.588. The maximum Gasteiger partial charge on any atom is 0.235 e. The standard InChI is InChI=1S/C17H25NO2S/c1-13(19)11-15(14-7-4-3-5-8-14)12-18-16(20)17(2)9-6-10-21-17/h3-5,7-8,13,15,19H,6,9-12H2,1-2H3,(H,18,20). The minimum Gasteiger partial charge on any atom is -0.393 e. The first-order valence-electron chi connectivity index (χ1n) is 7.66. The highest BCUT2D eigenvalue weighted by Gasteiger charge is 2.37. The second-order valence-corrected chi connectivity index (χ2v) is 7.68. The summed E-state index contributed by atoms with van der Waals surface area (Å²) in [5.74, 6) is 1.36. The Balaban J connectivity index is 1.97. The van der Waals surface area contributed by atoms with Crippen molar-refractivity contribution in [1.29, 1.82) is 0 Å². The lowest BCUT2D eigenvalue weighted by Gasteiger charge is -2.25. The Morgan fingerprint density at radius 2 is 2.14 bits per heavy atom. The van der Waals surface area contributed by atoms with E-state index in [0.29, 0.717) is 13.0 Å². The van der Waals surface area contributed by atoms with Gasteiger partial charge in [-0.3, -0.25) is 4.79 Å². The summed E-state index contributed by atoms with van der Waals surface area (Å²) >= 11 is 1.75. The van der Waals surface area contributed by atoms with Gasteiger partial charge in [0.1, 0.15) is 0 Å². The number of aliphatic hydroxyl groups is 1. The largest absolute Gasteiger partial charge is 0.393 e. The van der Waals surface area contributed by atoms with Crippen LogP contribution in [0.4, 0.5) is 0 Å². The van der Waals surface area contributed by atoms with Crippen LogP contribution in [0.2, 0.25) is 0 Å². The molecule has 3 unspecified atom stereocenters. The Morgan fingerprint density at radius 3 is 2.71 bits per heavy atom. The van der Waals surface area contributed by atoms with Gasteiger partial charge in [0.15, 0.2) is 0 Å². The van der Waals surface area contributed by atoms with Gasteiger partial charge in [-0.2, -0.15) is 0 Å². The van der Waals surface area contributed by atoms with Crippen LogP contribution in [0, 0.1) is 0 Å². The Hall–Kier alpha value is -1.00. The normalized spacial score (nSPS) is 24.5. The molecule has 0 saturated carbocycles. The molecule has 116 valence electrons. The molecule has 0 radical (unpaired) electrons. The van der Waals surface area contributed by atoms with Crippen molar-refractivity contribution in [2.24, 2.45) is 0 Å². The number of aliphatic hydroxyl groups excluding tert-OH is 1. The van der Waals surface area contributed by atoms with Crippen molar-refractivity contribution in [3.8, 4) is 0 Å². The van der Waals surface area contributed by atoms with Crippen molar-refractivity contribution in [2.75, 3.05) is 12.3 Å². The Labute approximate surface area is 131 Å². The van der Waals surface area contributed by atoms with E-state index in [9.17, 15) is 9.90 Å². The zero-order valence-corrected chi connectivity index (χ0v) is 13.7. The monoisotopic (exact) mass is 307 g/mol. The van der Waals surface area contributed by atoms with Crippen LogP contribution in [0.15, 0.2) is 30.3 Å². The summed E-state index contributed by atoms with van der Waals surface area (Å²) in [5.41, 5.74) is 1.17. The van der Waals surface area contributed by atoms with Crippen molar-refractivity contribution in [3.05, 3.63) is 35.9 Å². The average Bonchev–Trinajstić information content (AvgIpc) is 2.92. The Kier molecular flexibility index (Phi) is 5.71. The van der Waals surface area contributed by atoms with E-state index in [1.165, 1.54) is 5.56 Å². The van der Waals surface area contributed by atoms with E-state index in [1.807, 2.05) is 25.1 Å². The fourth-order valence-electron chi connectivity index (χ4n) is 2.84. The molecule has 1 aliphatic rings. The van der Waals surface area contributed by atoms with Crippen LogP contribution in [0.5, 0.6) is 0 Å². The van der Waals surface area contributed by atoms with Crippen LogP contribution in [-0.4, -0.2) is 34.2 Å². The first-order valence-corrected chi connectivity index (χ1v) is 8.65. The van der Waals surface area contributed by atoms with Crippen LogP contribution in [-0.2, 0) is 4.79 Å². The number of nitrogens with one attached hydrogen (secondary N) is 1. The number of hydrogen-bond acceptors (Lipinski definition) is 3. The first kappa shape index (κ1) is 16.4. The number of benzene rings is 1. The SMILES string of the molecule is CC(O)CC(CNC(=O)C1(C)CCCS1)c1ccccc1. The van der Waals surface area contributed by atoms with Gasteiger partial charge in [0.05, 0.1) is 10.9 Å². The average molecular weight is 307 g/mol. The quantitative estimate of drug-likeness (QED) is 0.849. The van der Waals surface area contributed by atoms with Crippen molar-refractivity contribution >= 4 is 17.7 Å². The summed E-state index contributed by atoms with van der Waals surface area (Å²) in [4.78, 5) is 12.4. The number of rotatable bonds is 6. The van der Waals surface area contributed by atoms with Gasteiger partial charge in [-0.1, -0.05) is 30.3 Å². The summed E-state index contributed by atoms with van der Waals surface area (Å²) in [6.45, 7) is 4.42. The number of thioether (sulfide) groups is 1. The minimum absolute atomic E-state index is 0.136. The predicted molar refractivity (Wildman–Crippen MR) is 88.6 cm³/mol. The lowest BCUT2D eigenvalue weighted by Crippen LogP contribution is -2.42. The highest BCUT2D eigenvalue weighted by atomic mass is 32.2. The highest BCUT2D eigenvalue weighted by molar-refractivity contribution is 8.01.